The molecule has 92 valence electrons. The van der Waals surface area contributed by atoms with Crippen molar-refractivity contribution >= 4 is 22.6 Å². The minimum absolute atomic E-state index is 0.0504. The number of fused-ring (bicyclic) bond motifs is 1. The van der Waals surface area contributed by atoms with Crippen LogP contribution in [0.5, 0.6) is 0 Å². The van der Waals surface area contributed by atoms with Crippen molar-refractivity contribution in [2.24, 2.45) is 18.7 Å². The summed E-state index contributed by atoms with van der Waals surface area (Å²) < 4.78 is 2.06. The van der Waals surface area contributed by atoms with Gasteiger partial charge in [0.25, 0.3) is 0 Å². The van der Waals surface area contributed by atoms with E-state index < -0.39 is 0 Å². The molecule has 1 aromatic carbocycles. The number of aryl methyl sites for hydroxylation is 2. The molecule has 1 atom stereocenters. The summed E-state index contributed by atoms with van der Waals surface area (Å²) in [5.74, 6) is 1.28. The molecule has 0 radical (unpaired) electrons. The molecule has 1 heterocycles. The Morgan fingerprint density at radius 3 is 2.59 bits per heavy atom. The minimum atomic E-state index is -0.0504. The van der Waals surface area contributed by atoms with Gasteiger partial charge in [0, 0.05) is 12.1 Å². The SMILES string of the molecule is Cc1c(Cl)ccc2nc(C(N)C(C)C)n(C)c12. The van der Waals surface area contributed by atoms with E-state index in [1.165, 1.54) is 0 Å². The monoisotopic (exact) mass is 251 g/mol. The number of aromatic nitrogens is 2. The summed E-state index contributed by atoms with van der Waals surface area (Å²) >= 11 is 6.14. The first-order chi connectivity index (χ1) is 7.93. The van der Waals surface area contributed by atoms with E-state index in [1.807, 2.05) is 26.1 Å². The Hall–Kier alpha value is -1.06. The summed E-state index contributed by atoms with van der Waals surface area (Å²) in [6, 6.07) is 3.78. The molecule has 17 heavy (non-hydrogen) atoms. The standard InChI is InChI=1S/C13H18ClN3/c1-7(2)11(15)13-16-10-6-5-9(14)8(3)12(10)17(13)4/h5-7,11H,15H2,1-4H3. The second-order valence-electron chi connectivity index (χ2n) is 4.84. The quantitative estimate of drug-likeness (QED) is 0.891. The fraction of sp³-hybridized carbons (Fsp3) is 0.462. The zero-order valence-electron chi connectivity index (χ0n) is 10.7. The number of hydrogen-bond donors (Lipinski definition) is 1. The lowest BCUT2D eigenvalue weighted by molar-refractivity contribution is 0.480. The van der Waals surface area contributed by atoms with Crippen molar-refractivity contribution in [1.82, 2.24) is 9.55 Å². The van der Waals surface area contributed by atoms with Crippen molar-refractivity contribution in [3.8, 4) is 0 Å². The van der Waals surface area contributed by atoms with Gasteiger partial charge in [-0.3, -0.25) is 0 Å². The topological polar surface area (TPSA) is 43.8 Å². The Morgan fingerprint density at radius 2 is 2.00 bits per heavy atom. The first-order valence-corrected chi connectivity index (χ1v) is 6.18. The number of imidazole rings is 1. The van der Waals surface area contributed by atoms with Crippen molar-refractivity contribution < 1.29 is 0 Å². The summed E-state index contributed by atoms with van der Waals surface area (Å²) in [5.41, 5.74) is 9.26. The number of nitrogens with two attached hydrogens (primary N) is 1. The lowest BCUT2D eigenvalue weighted by Gasteiger charge is -2.15. The molecule has 0 spiro atoms. The van der Waals surface area contributed by atoms with Gasteiger partial charge in [-0.25, -0.2) is 4.98 Å². The molecule has 0 saturated carbocycles. The van der Waals surface area contributed by atoms with Gasteiger partial charge in [0.1, 0.15) is 5.82 Å². The zero-order chi connectivity index (χ0) is 12.7. The summed E-state index contributed by atoms with van der Waals surface area (Å²) in [6.07, 6.45) is 0. The van der Waals surface area contributed by atoms with Gasteiger partial charge >= 0.3 is 0 Å². The maximum atomic E-state index is 6.17. The second-order valence-corrected chi connectivity index (χ2v) is 5.25. The highest BCUT2D eigenvalue weighted by atomic mass is 35.5. The van der Waals surface area contributed by atoms with E-state index in [9.17, 15) is 0 Å². The molecule has 3 nitrogen and oxygen atoms in total. The molecule has 0 aliphatic carbocycles. The van der Waals surface area contributed by atoms with Crippen LogP contribution in [0.15, 0.2) is 12.1 Å². The van der Waals surface area contributed by atoms with Crippen LogP contribution in [0.2, 0.25) is 5.02 Å². The minimum Gasteiger partial charge on any atom is -0.330 e. The third-order valence-electron chi connectivity index (χ3n) is 3.27. The number of hydrogen-bond acceptors (Lipinski definition) is 2. The molecule has 2 aromatic rings. The van der Waals surface area contributed by atoms with E-state index in [2.05, 4.69) is 23.4 Å². The average Bonchev–Trinajstić information content (AvgIpc) is 2.61. The van der Waals surface area contributed by atoms with Crippen LogP contribution in [0.1, 0.15) is 31.3 Å². The van der Waals surface area contributed by atoms with E-state index in [-0.39, 0.29) is 6.04 Å². The van der Waals surface area contributed by atoms with E-state index in [0.29, 0.717) is 5.92 Å². The van der Waals surface area contributed by atoms with Crippen LogP contribution in [0.4, 0.5) is 0 Å². The number of nitrogens with zero attached hydrogens (tertiary/aromatic N) is 2. The molecule has 0 bridgehead atoms. The Bertz CT molecular complexity index is 557. The third kappa shape index (κ3) is 1.94. The highest BCUT2D eigenvalue weighted by molar-refractivity contribution is 6.32. The van der Waals surface area contributed by atoms with Gasteiger partial charge in [-0.2, -0.15) is 0 Å². The van der Waals surface area contributed by atoms with Gasteiger partial charge in [0.05, 0.1) is 17.1 Å². The van der Waals surface area contributed by atoms with Crippen molar-refractivity contribution in [2.75, 3.05) is 0 Å². The van der Waals surface area contributed by atoms with Crippen LogP contribution in [0.25, 0.3) is 11.0 Å². The van der Waals surface area contributed by atoms with Crippen molar-refractivity contribution in [3.05, 3.63) is 28.5 Å². The van der Waals surface area contributed by atoms with Gasteiger partial charge in [-0.05, 0) is 30.5 Å². The van der Waals surface area contributed by atoms with Crippen LogP contribution in [0, 0.1) is 12.8 Å². The van der Waals surface area contributed by atoms with Crippen LogP contribution in [-0.2, 0) is 7.05 Å². The summed E-state index contributed by atoms with van der Waals surface area (Å²) in [6.45, 7) is 6.21. The molecular weight excluding hydrogens is 234 g/mol. The van der Waals surface area contributed by atoms with Crippen molar-refractivity contribution in [3.63, 3.8) is 0 Å². The summed E-state index contributed by atoms with van der Waals surface area (Å²) in [5, 5.41) is 0.769. The maximum Gasteiger partial charge on any atom is 0.126 e. The van der Waals surface area contributed by atoms with Crippen LogP contribution >= 0.6 is 11.6 Å². The molecule has 4 heteroatoms. The van der Waals surface area contributed by atoms with E-state index in [4.69, 9.17) is 17.3 Å². The van der Waals surface area contributed by atoms with Gasteiger partial charge < -0.3 is 10.3 Å². The van der Waals surface area contributed by atoms with Crippen LogP contribution in [0.3, 0.4) is 0 Å². The largest absolute Gasteiger partial charge is 0.330 e. The molecular formula is C13H18ClN3. The number of benzene rings is 1. The molecule has 0 aliphatic heterocycles. The Kier molecular flexibility index (Phi) is 3.15. The summed E-state index contributed by atoms with van der Waals surface area (Å²) in [7, 11) is 2.00. The van der Waals surface area contributed by atoms with Crippen LogP contribution < -0.4 is 5.73 Å². The van der Waals surface area contributed by atoms with Gasteiger partial charge in [-0.15, -0.1) is 0 Å². The Balaban J connectivity index is 2.69. The predicted octanol–water partition coefficient (Wildman–Crippen LogP) is 3.19. The van der Waals surface area contributed by atoms with Gasteiger partial charge in [-0.1, -0.05) is 25.4 Å². The van der Waals surface area contributed by atoms with Crippen LogP contribution in [-0.4, -0.2) is 9.55 Å². The average molecular weight is 252 g/mol. The molecule has 2 rings (SSSR count). The van der Waals surface area contributed by atoms with E-state index in [0.717, 1.165) is 27.4 Å². The van der Waals surface area contributed by atoms with E-state index in [1.54, 1.807) is 0 Å². The predicted molar refractivity (Wildman–Crippen MR) is 72.2 cm³/mol. The first-order valence-electron chi connectivity index (χ1n) is 5.80. The molecule has 1 aromatic heterocycles. The molecule has 1 unspecified atom stereocenters. The fourth-order valence-corrected chi connectivity index (χ4v) is 2.24. The lowest BCUT2D eigenvalue weighted by Crippen LogP contribution is -2.20. The van der Waals surface area contributed by atoms with Crippen molar-refractivity contribution in [2.45, 2.75) is 26.8 Å². The molecule has 2 N–H and O–H groups in total. The normalized spacial score (nSPS) is 13.6. The van der Waals surface area contributed by atoms with E-state index >= 15 is 0 Å². The molecule has 0 amide bonds. The first kappa shape index (κ1) is 12.4. The lowest BCUT2D eigenvalue weighted by atomic mass is 10.1. The third-order valence-corrected chi connectivity index (χ3v) is 3.68. The molecule has 0 fully saturated rings. The maximum absolute atomic E-state index is 6.17. The van der Waals surface area contributed by atoms with Gasteiger partial charge in [0.2, 0.25) is 0 Å². The Labute approximate surface area is 107 Å². The molecule has 0 aliphatic rings. The highest BCUT2D eigenvalue weighted by Crippen LogP contribution is 2.28. The fourth-order valence-electron chi connectivity index (χ4n) is 2.08. The smallest absolute Gasteiger partial charge is 0.126 e. The second kappa shape index (κ2) is 4.31. The zero-order valence-corrected chi connectivity index (χ0v) is 11.4. The number of halogens is 1. The Morgan fingerprint density at radius 1 is 1.35 bits per heavy atom. The molecule has 0 saturated heterocycles. The number of rotatable bonds is 2. The summed E-state index contributed by atoms with van der Waals surface area (Å²) in [4.78, 5) is 4.61. The highest BCUT2D eigenvalue weighted by Gasteiger charge is 2.19. The van der Waals surface area contributed by atoms with Gasteiger partial charge in [0.15, 0.2) is 0 Å². The van der Waals surface area contributed by atoms with Crippen molar-refractivity contribution in [1.29, 1.82) is 0 Å².